The number of carbonyl (C=O) groups excluding carboxylic acids is 1. The molecular weight excluding hydrogens is 548 g/mol. The number of nitrogens with one attached hydrogen (secondary N) is 1. The first-order chi connectivity index (χ1) is 20.9. The summed E-state index contributed by atoms with van der Waals surface area (Å²) in [5, 5.41) is 18.6. The van der Waals surface area contributed by atoms with Crippen molar-refractivity contribution >= 4 is 33.4 Å². The van der Waals surface area contributed by atoms with E-state index in [1.54, 1.807) is 0 Å². The van der Waals surface area contributed by atoms with Crippen molar-refractivity contribution in [2.45, 2.75) is 50.3 Å². The lowest BCUT2D eigenvalue weighted by Gasteiger charge is -2.44. The third-order valence-corrected chi connectivity index (χ3v) is 7.50. The van der Waals surface area contributed by atoms with Gasteiger partial charge in [0.15, 0.2) is 12.2 Å². The Kier molecular flexibility index (Phi) is 10.2. The maximum Gasteiger partial charge on any atom is 0.222 e. The molecule has 0 spiro atoms. The van der Waals surface area contributed by atoms with Gasteiger partial charge in [-0.25, -0.2) is 0 Å². The van der Waals surface area contributed by atoms with E-state index < -0.39 is 30.6 Å². The number of aliphatic hydroxyl groups excluding tert-OH is 1. The lowest BCUT2D eigenvalue weighted by atomic mass is 9.96. The number of carbonyl (C=O) groups is 1. The highest BCUT2D eigenvalue weighted by Crippen LogP contribution is 2.27. The normalized spacial score (nSPS) is 22.0. The quantitative estimate of drug-likeness (QED) is 0.146. The van der Waals surface area contributed by atoms with E-state index in [9.17, 15) is 9.90 Å². The van der Waals surface area contributed by atoms with Crippen molar-refractivity contribution in [2.24, 2.45) is 16.5 Å². The zero-order valence-electron chi connectivity index (χ0n) is 24.1. The van der Waals surface area contributed by atoms with Crippen molar-refractivity contribution in [3.8, 4) is 0 Å². The number of fused-ring (bicyclic) bond motifs is 2. The number of methoxy groups -OCH3 is 1. The molecule has 1 unspecified atom stereocenters. The summed E-state index contributed by atoms with van der Waals surface area (Å²) in [4.78, 5) is 16.7. The minimum Gasteiger partial charge on any atom is -0.388 e. The van der Waals surface area contributed by atoms with Crippen LogP contribution in [0, 0.1) is 0 Å². The third-order valence-electron chi connectivity index (χ3n) is 7.50. The Labute approximate surface area is 250 Å². The predicted octanol–water partition coefficient (Wildman–Crippen LogP) is 2.98. The van der Waals surface area contributed by atoms with Crippen LogP contribution < -0.4 is 16.8 Å². The minimum atomic E-state index is -1.09. The van der Waals surface area contributed by atoms with E-state index in [2.05, 4.69) is 34.6 Å². The number of hydrogen-bond acceptors (Lipinski definition) is 7. The molecule has 6 N–H and O–H groups in total. The number of rotatable bonds is 12. The van der Waals surface area contributed by atoms with Gasteiger partial charge in [0.1, 0.15) is 24.4 Å². The number of aliphatic hydroxyl groups is 1. The van der Waals surface area contributed by atoms with Crippen LogP contribution in [0.3, 0.4) is 0 Å². The SMILES string of the molecule is CO[C@H]1[C@H](O)[C@@H](COCc2ccc3ccccc3c2)OC(OCc2ccc3ccccc3c2)[C@@H]1NC(=O)CCN=C(N)N. The fraction of sp³-hybridized carbons (Fsp3) is 0.333. The number of nitrogens with two attached hydrogens (primary N) is 2. The summed E-state index contributed by atoms with van der Waals surface area (Å²) >= 11 is 0. The zero-order valence-corrected chi connectivity index (χ0v) is 24.1. The van der Waals surface area contributed by atoms with Gasteiger partial charge < -0.3 is 40.8 Å². The predicted molar refractivity (Wildman–Crippen MR) is 165 cm³/mol. The Morgan fingerprint density at radius 2 is 1.51 bits per heavy atom. The van der Waals surface area contributed by atoms with Crippen molar-refractivity contribution in [1.29, 1.82) is 0 Å². The summed E-state index contributed by atoms with van der Waals surface area (Å²) in [6, 6.07) is 27.6. The van der Waals surface area contributed by atoms with Crippen LogP contribution in [0.1, 0.15) is 17.5 Å². The van der Waals surface area contributed by atoms with Crippen LogP contribution in [-0.2, 0) is 37.0 Å². The molecule has 0 bridgehead atoms. The Morgan fingerprint density at radius 3 is 2.12 bits per heavy atom. The van der Waals surface area contributed by atoms with Gasteiger partial charge in [-0.2, -0.15) is 0 Å². The zero-order chi connectivity index (χ0) is 30.2. The van der Waals surface area contributed by atoms with Gasteiger partial charge in [-0.15, -0.1) is 0 Å². The first-order valence-corrected chi connectivity index (χ1v) is 14.3. The van der Waals surface area contributed by atoms with Crippen molar-refractivity contribution in [3.63, 3.8) is 0 Å². The van der Waals surface area contributed by atoms with Crippen molar-refractivity contribution in [3.05, 3.63) is 96.1 Å². The van der Waals surface area contributed by atoms with E-state index in [0.717, 1.165) is 32.7 Å². The number of guanidine groups is 1. The second-order valence-corrected chi connectivity index (χ2v) is 10.6. The second kappa shape index (κ2) is 14.4. The lowest BCUT2D eigenvalue weighted by molar-refractivity contribution is -0.279. The first-order valence-electron chi connectivity index (χ1n) is 14.3. The monoisotopic (exact) mass is 586 g/mol. The topological polar surface area (TPSA) is 151 Å². The highest BCUT2D eigenvalue weighted by Gasteiger charge is 2.47. The molecule has 0 saturated carbocycles. The third kappa shape index (κ3) is 7.86. The summed E-state index contributed by atoms with van der Waals surface area (Å²) in [5.74, 6) is -0.430. The molecule has 5 atom stereocenters. The second-order valence-electron chi connectivity index (χ2n) is 10.6. The number of amides is 1. The number of benzene rings is 4. The van der Waals surface area contributed by atoms with Gasteiger partial charge in [-0.1, -0.05) is 72.8 Å². The minimum absolute atomic E-state index is 0.0383. The van der Waals surface area contributed by atoms with Crippen molar-refractivity contribution in [2.75, 3.05) is 20.3 Å². The Bertz CT molecular complexity index is 1560. The standard InChI is InChI=1S/C33H38N4O6/c1-40-31-29(37-28(38)14-15-36-33(34)35)32(42-19-22-11-13-24-7-3-5-9-26(24)17-22)43-27(30(31)39)20-41-18-21-10-12-23-6-2-4-8-25(23)16-21/h2-13,16-17,27,29-32,39H,14-15,18-20H2,1H3,(H,37,38)(H4,34,35,36)/t27-,29-,30-,31-,32?/m1/s1. The van der Waals surface area contributed by atoms with Gasteiger partial charge in [0.2, 0.25) is 5.91 Å². The molecule has 0 aromatic heterocycles. The Morgan fingerprint density at radius 1 is 0.907 bits per heavy atom. The molecule has 1 aliphatic heterocycles. The average molecular weight is 587 g/mol. The molecule has 10 heteroatoms. The van der Waals surface area contributed by atoms with Gasteiger partial charge in [-0.3, -0.25) is 9.79 Å². The molecular formula is C33H38N4O6. The molecule has 1 saturated heterocycles. The van der Waals surface area contributed by atoms with Crippen LogP contribution in [0.15, 0.2) is 89.9 Å². The van der Waals surface area contributed by atoms with E-state index in [1.807, 2.05) is 60.7 Å². The van der Waals surface area contributed by atoms with Crippen molar-refractivity contribution < 1.29 is 28.8 Å². The molecule has 1 heterocycles. The summed E-state index contributed by atoms with van der Waals surface area (Å²) in [6.45, 7) is 0.764. The van der Waals surface area contributed by atoms with Crippen LogP contribution in [0.4, 0.5) is 0 Å². The maximum absolute atomic E-state index is 12.8. The number of hydrogen-bond donors (Lipinski definition) is 4. The number of aliphatic imine (C=N–C) groups is 1. The largest absolute Gasteiger partial charge is 0.388 e. The molecule has 1 aliphatic rings. The van der Waals surface area contributed by atoms with E-state index in [-0.39, 0.29) is 38.0 Å². The summed E-state index contributed by atoms with van der Waals surface area (Å²) in [6.07, 6.45) is -3.57. The van der Waals surface area contributed by atoms with E-state index >= 15 is 0 Å². The Hall–Kier alpha value is -4.06. The van der Waals surface area contributed by atoms with E-state index in [1.165, 1.54) is 7.11 Å². The van der Waals surface area contributed by atoms with Gasteiger partial charge in [0, 0.05) is 13.5 Å². The van der Waals surface area contributed by atoms with Crippen LogP contribution in [0.25, 0.3) is 21.5 Å². The van der Waals surface area contributed by atoms with Crippen LogP contribution in [-0.4, -0.2) is 67.9 Å². The van der Waals surface area contributed by atoms with Gasteiger partial charge in [0.25, 0.3) is 0 Å². The van der Waals surface area contributed by atoms with Gasteiger partial charge in [-0.05, 0) is 44.8 Å². The number of nitrogens with zero attached hydrogens (tertiary/aromatic N) is 1. The fourth-order valence-electron chi connectivity index (χ4n) is 5.31. The first kappa shape index (κ1) is 30.4. The molecule has 0 radical (unpaired) electrons. The molecule has 4 aromatic rings. The summed E-state index contributed by atoms with van der Waals surface area (Å²) in [5.41, 5.74) is 12.7. The van der Waals surface area contributed by atoms with E-state index in [0.29, 0.717) is 6.61 Å². The lowest BCUT2D eigenvalue weighted by Crippen LogP contribution is -2.65. The average Bonchev–Trinajstić information content (AvgIpc) is 3.01. The molecule has 1 amide bonds. The van der Waals surface area contributed by atoms with Crippen LogP contribution in [0.2, 0.25) is 0 Å². The molecule has 43 heavy (non-hydrogen) atoms. The molecule has 0 aliphatic carbocycles. The van der Waals surface area contributed by atoms with Gasteiger partial charge >= 0.3 is 0 Å². The summed E-state index contributed by atoms with van der Waals surface area (Å²) in [7, 11) is 1.48. The van der Waals surface area contributed by atoms with Crippen LogP contribution >= 0.6 is 0 Å². The van der Waals surface area contributed by atoms with E-state index in [4.69, 9.17) is 30.4 Å². The van der Waals surface area contributed by atoms with Crippen molar-refractivity contribution in [1.82, 2.24) is 5.32 Å². The Balaban J connectivity index is 1.28. The molecule has 4 aromatic carbocycles. The molecule has 226 valence electrons. The highest BCUT2D eigenvalue weighted by molar-refractivity contribution is 5.83. The smallest absolute Gasteiger partial charge is 0.222 e. The number of ether oxygens (including phenoxy) is 4. The maximum atomic E-state index is 12.8. The highest BCUT2D eigenvalue weighted by atomic mass is 16.7. The molecule has 5 rings (SSSR count). The molecule has 1 fully saturated rings. The summed E-state index contributed by atoms with van der Waals surface area (Å²) < 4.78 is 24.2. The van der Waals surface area contributed by atoms with Gasteiger partial charge in [0.05, 0.1) is 26.4 Å². The fourth-order valence-corrected chi connectivity index (χ4v) is 5.31. The molecule has 10 nitrogen and oxygen atoms in total. The van der Waals surface area contributed by atoms with Crippen LogP contribution in [0.5, 0.6) is 0 Å².